The minimum atomic E-state index is -3.58. The third kappa shape index (κ3) is 4.14. The van der Waals surface area contributed by atoms with Gasteiger partial charge in [-0.05, 0) is 43.5 Å². The molecule has 3 rings (SSSR count). The van der Waals surface area contributed by atoms with E-state index in [9.17, 15) is 13.2 Å². The molecular formula is C20H24N2O3S. The highest BCUT2D eigenvalue weighted by atomic mass is 32.2. The molecule has 1 N–H and O–H groups in total. The highest BCUT2D eigenvalue weighted by Gasteiger charge is 2.34. The Balaban J connectivity index is 1.75. The van der Waals surface area contributed by atoms with Crippen LogP contribution in [0.4, 0.5) is 5.69 Å². The number of benzene rings is 2. The van der Waals surface area contributed by atoms with Crippen LogP contribution in [0.2, 0.25) is 0 Å². The number of sulfonamides is 1. The number of carbonyl (C=O) groups is 1. The van der Waals surface area contributed by atoms with Crippen LogP contribution < -0.4 is 5.32 Å². The molecule has 0 spiro atoms. The van der Waals surface area contributed by atoms with Crippen molar-refractivity contribution in [1.29, 1.82) is 0 Å². The summed E-state index contributed by atoms with van der Waals surface area (Å²) >= 11 is 0. The average Bonchev–Trinajstić information content (AvgIpc) is 2.65. The topological polar surface area (TPSA) is 66.5 Å². The predicted molar refractivity (Wildman–Crippen MR) is 102 cm³/mol. The number of anilines is 1. The van der Waals surface area contributed by atoms with E-state index < -0.39 is 10.0 Å². The Morgan fingerprint density at radius 3 is 2.50 bits per heavy atom. The molecule has 138 valence electrons. The fraction of sp³-hybridized carbons (Fsp3) is 0.350. The summed E-state index contributed by atoms with van der Waals surface area (Å²) in [5, 5.41) is 2.91. The number of carbonyl (C=O) groups excluding carboxylic acids is 1. The zero-order valence-corrected chi connectivity index (χ0v) is 15.7. The number of para-hydroxylation sites is 1. The van der Waals surface area contributed by atoms with Gasteiger partial charge >= 0.3 is 0 Å². The van der Waals surface area contributed by atoms with Crippen molar-refractivity contribution in [2.75, 3.05) is 11.9 Å². The van der Waals surface area contributed by atoms with E-state index in [-0.39, 0.29) is 23.3 Å². The van der Waals surface area contributed by atoms with E-state index >= 15 is 0 Å². The number of hydrogen-bond acceptors (Lipinski definition) is 3. The van der Waals surface area contributed by atoms with Gasteiger partial charge in [-0.25, -0.2) is 8.42 Å². The fourth-order valence-electron chi connectivity index (χ4n) is 3.35. The number of hydrogen-bond donors (Lipinski definition) is 1. The lowest BCUT2D eigenvalue weighted by Crippen LogP contribution is -2.45. The quantitative estimate of drug-likeness (QED) is 0.872. The van der Waals surface area contributed by atoms with E-state index in [2.05, 4.69) is 5.32 Å². The Bertz CT molecular complexity index is 866. The van der Waals surface area contributed by atoms with Gasteiger partial charge in [-0.15, -0.1) is 0 Å². The summed E-state index contributed by atoms with van der Waals surface area (Å²) in [6.07, 6.45) is 2.62. The van der Waals surface area contributed by atoms with Gasteiger partial charge in [0, 0.05) is 24.7 Å². The maximum atomic E-state index is 13.0. The first-order valence-electron chi connectivity index (χ1n) is 8.91. The summed E-state index contributed by atoms with van der Waals surface area (Å²) in [6.45, 7) is 2.39. The highest BCUT2D eigenvalue weighted by molar-refractivity contribution is 7.89. The van der Waals surface area contributed by atoms with Crippen LogP contribution in [0.5, 0.6) is 0 Å². The van der Waals surface area contributed by atoms with Crippen molar-refractivity contribution in [1.82, 2.24) is 4.31 Å². The second kappa shape index (κ2) is 8.01. The van der Waals surface area contributed by atoms with Crippen LogP contribution in [-0.4, -0.2) is 31.2 Å². The molecule has 0 radical (unpaired) electrons. The number of nitrogens with one attached hydrogen (secondary N) is 1. The lowest BCUT2D eigenvalue weighted by molar-refractivity contribution is -0.117. The number of piperidine rings is 1. The molecule has 0 bridgehead atoms. The lowest BCUT2D eigenvalue weighted by Gasteiger charge is -2.34. The van der Waals surface area contributed by atoms with Crippen molar-refractivity contribution in [3.8, 4) is 0 Å². The van der Waals surface area contributed by atoms with Gasteiger partial charge in [-0.1, -0.05) is 42.8 Å². The van der Waals surface area contributed by atoms with Crippen LogP contribution in [0.1, 0.15) is 31.2 Å². The Hall–Kier alpha value is -2.18. The van der Waals surface area contributed by atoms with E-state index in [1.807, 2.05) is 31.2 Å². The van der Waals surface area contributed by atoms with Crippen molar-refractivity contribution < 1.29 is 13.2 Å². The lowest BCUT2D eigenvalue weighted by atomic mass is 10.0. The third-order valence-electron chi connectivity index (χ3n) is 4.76. The first-order chi connectivity index (χ1) is 12.5. The molecule has 1 amide bonds. The first kappa shape index (κ1) is 18.6. The predicted octanol–water partition coefficient (Wildman–Crippen LogP) is 3.57. The van der Waals surface area contributed by atoms with Crippen LogP contribution in [0.25, 0.3) is 0 Å². The van der Waals surface area contributed by atoms with Crippen LogP contribution in [-0.2, 0) is 14.8 Å². The van der Waals surface area contributed by atoms with Gasteiger partial charge in [-0.3, -0.25) is 4.79 Å². The van der Waals surface area contributed by atoms with Crippen LogP contribution in [0.15, 0.2) is 59.5 Å². The summed E-state index contributed by atoms with van der Waals surface area (Å²) in [5.74, 6) is -0.153. The molecule has 1 aliphatic rings. The molecular weight excluding hydrogens is 348 g/mol. The minimum Gasteiger partial charge on any atom is -0.326 e. The number of amides is 1. The van der Waals surface area contributed by atoms with Gasteiger partial charge in [0.25, 0.3) is 0 Å². The molecule has 0 saturated carbocycles. The van der Waals surface area contributed by atoms with Crippen molar-refractivity contribution >= 4 is 21.6 Å². The molecule has 0 aliphatic carbocycles. The smallest absolute Gasteiger partial charge is 0.243 e. The van der Waals surface area contributed by atoms with Gasteiger partial charge in [0.05, 0.1) is 4.90 Å². The monoisotopic (exact) mass is 372 g/mol. The maximum absolute atomic E-state index is 13.0. The van der Waals surface area contributed by atoms with Crippen LogP contribution in [0, 0.1) is 6.92 Å². The molecule has 2 aromatic carbocycles. The van der Waals surface area contributed by atoms with E-state index in [0.29, 0.717) is 13.0 Å². The Kier molecular flexibility index (Phi) is 5.74. The van der Waals surface area contributed by atoms with E-state index in [0.717, 1.165) is 24.1 Å². The molecule has 1 atom stereocenters. The van der Waals surface area contributed by atoms with E-state index in [1.165, 1.54) is 4.31 Å². The maximum Gasteiger partial charge on any atom is 0.243 e. The van der Waals surface area contributed by atoms with Crippen molar-refractivity contribution in [2.45, 2.75) is 43.5 Å². The molecule has 1 saturated heterocycles. The van der Waals surface area contributed by atoms with Gasteiger partial charge in [0.15, 0.2) is 0 Å². The molecule has 0 aromatic heterocycles. The van der Waals surface area contributed by atoms with E-state index in [4.69, 9.17) is 0 Å². The van der Waals surface area contributed by atoms with E-state index in [1.54, 1.807) is 30.3 Å². The molecule has 26 heavy (non-hydrogen) atoms. The zero-order valence-electron chi connectivity index (χ0n) is 14.9. The summed E-state index contributed by atoms with van der Waals surface area (Å²) in [4.78, 5) is 12.8. The fourth-order valence-corrected chi connectivity index (χ4v) is 5.06. The molecule has 1 heterocycles. The second-order valence-corrected chi connectivity index (χ2v) is 8.54. The van der Waals surface area contributed by atoms with Crippen molar-refractivity contribution in [3.05, 3.63) is 60.2 Å². The first-order valence-corrected chi connectivity index (χ1v) is 10.3. The van der Waals surface area contributed by atoms with Crippen molar-refractivity contribution in [2.24, 2.45) is 0 Å². The van der Waals surface area contributed by atoms with Gasteiger partial charge in [-0.2, -0.15) is 4.31 Å². The zero-order chi connectivity index (χ0) is 18.6. The van der Waals surface area contributed by atoms with Gasteiger partial charge < -0.3 is 5.32 Å². The second-order valence-electron chi connectivity index (χ2n) is 6.65. The summed E-state index contributed by atoms with van der Waals surface area (Å²) in [7, 11) is -3.58. The SMILES string of the molecule is Cc1ccccc1NC(=O)CC1CCCCN1S(=O)(=O)c1ccccc1. The molecule has 5 nitrogen and oxygen atoms in total. The largest absolute Gasteiger partial charge is 0.326 e. The standard InChI is InChI=1S/C20H24N2O3S/c1-16-9-5-6-13-19(16)21-20(23)15-17-10-7-8-14-22(17)26(24,25)18-11-3-2-4-12-18/h2-6,9,11-13,17H,7-8,10,14-15H2,1H3,(H,21,23). The normalized spacial score (nSPS) is 18.4. The number of rotatable bonds is 5. The van der Waals surface area contributed by atoms with Crippen LogP contribution >= 0.6 is 0 Å². The number of aryl methyl sites for hydroxylation is 1. The molecule has 1 unspecified atom stereocenters. The Morgan fingerprint density at radius 1 is 1.08 bits per heavy atom. The summed E-state index contributed by atoms with van der Waals surface area (Å²) < 4.78 is 27.5. The molecule has 1 aliphatic heterocycles. The molecule has 1 fully saturated rings. The average molecular weight is 372 g/mol. The van der Waals surface area contributed by atoms with Crippen molar-refractivity contribution in [3.63, 3.8) is 0 Å². The minimum absolute atomic E-state index is 0.153. The summed E-state index contributed by atoms with van der Waals surface area (Å²) in [6, 6.07) is 15.7. The summed E-state index contributed by atoms with van der Waals surface area (Å²) in [5.41, 5.74) is 1.75. The highest BCUT2D eigenvalue weighted by Crippen LogP contribution is 2.27. The van der Waals surface area contributed by atoms with Crippen LogP contribution in [0.3, 0.4) is 0 Å². The number of nitrogens with zero attached hydrogens (tertiary/aromatic N) is 1. The van der Waals surface area contributed by atoms with Gasteiger partial charge in [0.2, 0.25) is 15.9 Å². The molecule has 2 aromatic rings. The third-order valence-corrected chi connectivity index (χ3v) is 6.73. The van der Waals surface area contributed by atoms with Gasteiger partial charge in [0.1, 0.15) is 0 Å². The Labute approximate surface area is 155 Å². The Morgan fingerprint density at radius 2 is 1.77 bits per heavy atom. The molecule has 6 heteroatoms.